The topological polar surface area (TPSA) is 24.9 Å². The minimum absolute atomic E-state index is 0.906. The van der Waals surface area contributed by atoms with Gasteiger partial charge in [-0.15, -0.1) is 0 Å². The largest absolute Gasteiger partial charge is 0.314 e. The summed E-state index contributed by atoms with van der Waals surface area (Å²) in [6.07, 6.45) is 7.08. The number of fused-ring (bicyclic) bond motifs is 1. The number of nitrogens with one attached hydrogen (secondary N) is 1. The van der Waals surface area contributed by atoms with Gasteiger partial charge in [0.1, 0.15) is 0 Å². The molecule has 0 aliphatic heterocycles. The number of rotatable bonds is 2. The summed E-state index contributed by atoms with van der Waals surface area (Å²) < 4.78 is 0. The number of hydrogen-bond donors (Lipinski definition) is 1. The average molecular weight is 176 g/mol. The van der Waals surface area contributed by atoms with E-state index in [1.165, 1.54) is 42.5 Å². The third-order valence-electron chi connectivity index (χ3n) is 2.71. The van der Waals surface area contributed by atoms with E-state index in [4.69, 9.17) is 0 Å². The lowest BCUT2D eigenvalue weighted by atomic mass is 9.91. The summed E-state index contributed by atoms with van der Waals surface area (Å²) in [5.74, 6) is 0. The molecule has 0 fully saturated rings. The number of hydrogen-bond acceptors (Lipinski definition) is 2. The molecule has 13 heavy (non-hydrogen) atoms. The quantitative estimate of drug-likeness (QED) is 0.741. The van der Waals surface area contributed by atoms with Crippen molar-refractivity contribution in [2.45, 2.75) is 32.2 Å². The Hall–Kier alpha value is -0.890. The smallest absolute Gasteiger partial charge is 0.0576 e. The number of aromatic nitrogens is 1. The van der Waals surface area contributed by atoms with E-state index in [-0.39, 0.29) is 0 Å². The first-order valence-corrected chi connectivity index (χ1v) is 5.02. The molecule has 0 atom stereocenters. The first-order valence-electron chi connectivity index (χ1n) is 5.02. The summed E-state index contributed by atoms with van der Waals surface area (Å²) in [5.41, 5.74) is 4.27. The van der Waals surface area contributed by atoms with Gasteiger partial charge in [-0.1, -0.05) is 0 Å². The highest BCUT2D eigenvalue weighted by Crippen LogP contribution is 2.22. The Kier molecular flexibility index (Phi) is 2.60. The van der Waals surface area contributed by atoms with Gasteiger partial charge in [0.05, 0.1) is 5.69 Å². The molecule has 0 aromatic carbocycles. The second-order valence-corrected chi connectivity index (χ2v) is 3.63. The predicted molar refractivity (Wildman–Crippen MR) is 53.6 cm³/mol. The van der Waals surface area contributed by atoms with E-state index in [0.717, 1.165) is 6.54 Å². The fraction of sp³-hybridized carbons (Fsp3) is 0.545. The second kappa shape index (κ2) is 3.88. The summed E-state index contributed by atoms with van der Waals surface area (Å²) in [7, 11) is 1.98. The maximum Gasteiger partial charge on any atom is 0.0576 e. The molecule has 0 saturated heterocycles. The Morgan fingerprint density at radius 1 is 1.38 bits per heavy atom. The Bertz CT molecular complexity index is 294. The highest BCUT2D eigenvalue weighted by Gasteiger charge is 2.12. The summed E-state index contributed by atoms with van der Waals surface area (Å²) in [6.45, 7) is 0.906. The van der Waals surface area contributed by atoms with E-state index in [1.54, 1.807) is 0 Å². The molecule has 1 aliphatic rings. The lowest BCUT2D eigenvalue weighted by molar-refractivity contribution is 0.661. The van der Waals surface area contributed by atoms with Crippen LogP contribution < -0.4 is 5.32 Å². The third kappa shape index (κ3) is 1.73. The van der Waals surface area contributed by atoms with Crippen molar-refractivity contribution >= 4 is 0 Å². The van der Waals surface area contributed by atoms with Crippen LogP contribution in [-0.2, 0) is 19.4 Å². The Labute approximate surface area is 79.4 Å². The van der Waals surface area contributed by atoms with Gasteiger partial charge in [-0.3, -0.25) is 4.98 Å². The molecule has 0 radical (unpaired) electrons. The van der Waals surface area contributed by atoms with Gasteiger partial charge >= 0.3 is 0 Å². The van der Waals surface area contributed by atoms with Crippen molar-refractivity contribution in [3.05, 3.63) is 29.1 Å². The van der Waals surface area contributed by atoms with Crippen LogP contribution in [0.4, 0.5) is 0 Å². The van der Waals surface area contributed by atoms with Crippen LogP contribution in [0, 0.1) is 0 Å². The van der Waals surface area contributed by atoms with Crippen molar-refractivity contribution in [2.24, 2.45) is 0 Å². The van der Waals surface area contributed by atoms with E-state index < -0.39 is 0 Å². The molecule has 2 heteroatoms. The van der Waals surface area contributed by atoms with E-state index >= 15 is 0 Å². The van der Waals surface area contributed by atoms with Crippen LogP contribution in [0.1, 0.15) is 29.7 Å². The van der Waals surface area contributed by atoms with Gasteiger partial charge in [0, 0.05) is 12.7 Å². The maximum absolute atomic E-state index is 4.42. The summed E-state index contributed by atoms with van der Waals surface area (Å²) in [6, 6.07) is 2.17. The molecule has 2 nitrogen and oxygen atoms in total. The molecule has 0 spiro atoms. The predicted octanol–water partition coefficient (Wildman–Crippen LogP) is 1.68. The zero-order valence-electron chi connectivity index (χ0n) is 8.14. The lowest BCUT2D eigenvalue weighted by Gasteiger charge is -2.18. The lowest BCUT2D eigenvalue weighted by Crippen LogP contribution is -2.13. The molecule has 0 bridgehead atoms. The molecule has 1 N–H and O–H groups in total. The molecule has 0 amide bonds. The van der Waals surface area contributed by atoms with Crippen LogP contribution in [0.25, 0.3) is 0 Å². The molecule has 1 aliphatic carbocycles. The zero-order chi connectivity index (χ0) is 9.10. The first-order chi connectivity index (χ1) is 6.42. The molecule has 0 saturated carbocycles. The third-order valence-corrected chi connectivity index (χ3v) is 2.71. The monoisotopic (exact) mass is 176 g/mol. The fourth-order valence-electron chi connectivity index (χ4n) is 2.06. The van der Waals surface area contributed by atoms with E-state index in [2.05, 4.69) is 16.4 Å². The van der Waals surface area contributed by atoms with Crippen molar-refractivity contribution < 1.29 is 0 Å². The van der Waals surface area contributed by atoms with Gasteiger partial charge in [-0.05, 0) is 49.9 Å². The van der Waals surface area contributed by atoms with Crippen molar-refractivity contribution in [1.29, 1.82) is 0 Å². The van der Waals surface area contributed by atoms with E-state index in [1.807, 2.05) is 13.2 Å². The van der Waals surface area contributed by atoms with Gasteiger partial charge in [0.25, 0.3) is 0 Å². The molecular formula is C11H16N2. The molecular weight excluding hydrogens is 160 g/mol. The first kappa shape index (κ1) is 8.70. The van der Waals surface area contributed by atoms with Crippen molar-refractivity contribution in [1.82, 2.24) is 10.3 Å². The number of pyridine rings is 1. The summed E-state index contributed by atoms with van der Waals surface area (Å²) >= 11 is 0. The summed E-state index contributed by atoms with van der Waals surface area (Å²) in [4.78, 5) is 4.42. The molecule has 1 aromatic heterocycles. The molecule has 1 aromatic rings. The van der Waals surface area contributed by atoms with Crippen LogP contribution in [0.3, 0.4) is 0 Å². The summed E-state index contributed by atoms with van der Waals surface area (Å²) in [5, 5.41) is 3.17. The van der Waals surface area contributed by atoms with E-state index in [9.17, 15) is 0 Å². The number of nitrogens with zero attached hydrogens (tertiary/aromatic N) is 1. The molecule has 1 heterocycles. The van der Waals surface area contributed by atoms with Gasteiger partial charge in [-0.2, -0.15) is 0 Å². The zero-order valence-corrected chi connectivity index (χ0v) is 8.14. The van der Waals surface area contributed by atoms with E-state index in [0.29, 0.717) is 0 Å². The second-order valence-electron chi connectivity index (χ2n) is 3.63. The maximum atomic E-state index is 4.42. The SMILES string of the molecule is CNCc1nccc2c1CCCC2. The Morgan fingerprint density at radius 3 is 3.08 bits per heavy atom. The van der Waals surface area contributed by atoms with Gasteiger partial charge in [0.2, 0.25) is 0 Å². The van der Waals surface area contributed by atoms with Gasteiger partial charge in [0.15, 0.2) is 0 Å². The Balaban J connectivity index is 2.34. The van der Waals surface area contributed by atoms with Crippen molar-refractivity contribution in [3.63, 3.8) is 0 Å². The fourth-order valence-corrected chi connectivity index (χ4v) is 2.06. The Morgan fingerprint density at radius 2 is 2.23 bits per heavy atom. The van der Waals surface area contributed by atoms with Crippen LogP contribution in [0.2, 0.25) is 0 Å². The van der Waals surface area contributed by atoms with Crippen molar-refractivity contribution in [2.75, 3.05) is 7.05 Å². The molecule has 2 rings (SSSR count). The van der Waals surface area contributed by atoms with Crippen LogP contribution in [0.5, 0.6) is 0 Å². The molecule has 70 valence electrons. The van der Waals surface area contributed by atoms with Crippen molar-refractivity contribution in [3.8, 4) is 0 Å². The van der Waals surface area contributed by atoms with Crippen LogP contribution in [0.15, 0.2) is 12.3 Å². The number of aryl methyl sites for hydroxylation is 1. The highest BCUT2D eigenvalue weighted by molar-refractivity contribution is 5.32. The minimum atomic E-state index is 0.906. The minimum Gasteiger partial charge on any atom is -0.314 e. The van der Waals surface area contributed by atoms with Gasteiger partial charge < -0.3 is 5.32 Å². The highest BCUT2D eigenvalue weighted by atomic mass is 14.8. The van der Waals surface area contributed by atoms with Crippen LogP contribution in [-0.4, -0.2) is 12.0 Å². The van der Waals surface area contributed by atoms with Crippen LogP contribution >= 0.6 is 0 Å². The normalized spacial score (nSPS) is 15.5. The average Bonchev–Trinajstić information content (AvgIpc) is 2.19. The molecule has 0 unspecified atom stereocenters. The standard InChI is InChI=1S/C11H16N2/c1-12-8-11-10-5-3-2-4-9(10)6-7-13-11/h6-7,12H,2-5,8H2,1H3. The van der Waals surface area contributed by atoms with Gasteiger partial charge in [-0.25, -0.2) is 0 Å².